The van der Waals surface area contributed by atoms with Crippen LogP contribution in [-0.2, 0) is 19.7 Å². The third kappa shape index (κ3) is 3.26. The normalized spacial score (nSPS) is 23.0. The van der Waals surface area contributed by atoms with Gasteiger partial charge in [0.2, 0.25) is 0 Å². The Morgan fingerprint density at radius 1 is 0.842 bits per heavy atom. The van der Waals surface area contributed by atoms with Gasteiger partial charge in [-0.05, 0) is 41.8 Å². The number of Topliss-reactive ketones (excluding diaryl/α,β-unsaturated/α-hetero) is 1. The van der Waals surface area contributed by atoms with Crippen LogP contribution in [-0.4, -0.2) is 24.3 Å². The van der Waals surface area contributed by atoms with Gasteiger partial charge in [-0.2, -0.15) is 0 Å². The molecule has 1 heterocycles. The third-order valence-electron chi connectivity index (χ3n) is 7.65. The lowest BCUT2D eigenvalue weighted by Gasteiger charge is -2.23. The fraction of sp³-hybridized carbons (Fsp3) is 0.156. The highest BCUT2D eigenvalue weighted by atomic mass is 79.9. The highest BCUT2D eigenvalue weighted by molar-refractivity contribution is 9.10. The molecular formula is C32H23BrO5. The average Bonchev–Trinajstić information content (AvgIpc) is 3.62. The van der Waals surface area contributed by atoms with E-state index < -0.39 is 28.7 Å². The van der Waals surface area contributed by atoms with E-state index >= 15 is 0 Å². The number of rotatable bonds is 6. The van der Waals surface area contributed by atoms with Crippen molar-refractivity contribution in [1.82, 2.24) is 0 Å². The summed E-state index contributed by atoms with van der Waals surface area (Å²) in [5.41, 5.74) is 0.194. The van der Waals surface area contributed by atoms with Crippen LogP contribution in [0.5, 0.6) is 5.75 Å². The number of carbonyl (C=O) groups is 3. The number of ketones is 1. The van der Waals surface area contributed by atoms with Crippen molar-refractivity contribution in [2.45, 2.75) is 18.3 Å². The molecule has 2 aliphatic rings. The number of carbonyl (C=O) groups excluding carboxylic acids is 3. The van der Waals surface area contributed by atoms with Gasteiger partial charge < -0.3 is 9.47 Å². The summed E-state index contributed by atoms with van der Waals surface area (Å²) in [5.74, 6) is -2.29. The summed E-state index contributed by atoms with van der Waals surface area (Å²) < 4.78 is 12.0. The molecule has 5 nitrogen and oxygen atoms in total. The molecule has 4 aromatic rings. The molecule has 0 saturated heterocycles. The van der Waals surface area contributed by atoms with E-state index in [-0.39, 0.29) is 12.4 Å². The van der Waals surface area contributed by atoms with Crippen molar-refractivity contribution in [2.75, 3.05) is 6.61 Å². The first-order valence-corrected chi connectivity index (χ1v) is 13.2. The maximum absolute atomic E-state index is 14.7. The smallest absolute Gasteiger partial charge is 0.331 e. The summed E-state index contributed by atoms with van der Waals surface area (Å²) in [7, 11) is 0. The average molecular weight is 567 g/mol. The summed E-state index contributed by atoms with van der Waals surface area (Å²) in [5, 5.41) is 0. The maximum Gasteiger partial charge on any atom is 0.331 e. The number of hydrogen-bond acceptors (Lipinski definition) is 5. The second-order valence-electron chi connectivity index (χ2n) is 9.48. The Bertz CT molecular complexity index is 1560. The molecule has 0 spiro atoms. The zero-order chi connectivity index (χ0) is 26.5. The molecule has 1 aliphatic carbocycles. The van der Waals surface area contributed by atoms with Crippen LogP contribution in [0.25, 0.3) is 11.1 Å². The van der Waals surface area contributed by atoms with Crippen molar-refractivity contribution in [1.29, 1.82) is 0 Å². The molecule has 3 atom stereocenters. The van der Waals surface area contributed by atoms with Gasteiger partial charge in [-0.3, -0.25) is 14.4 Å². The predicted octanol–water partition coefficient (Wildman–Crippen LogP) is 6.50. The zero-order valence-corrected chi connectivity index (χ0v) is 22.1. The number of benzene rings is 4. The minimum Gasteiger partial charge on any atom is -0.465 e. The van der Waals surface area contributed by atoms with Crippen molar-refractivity contribution in [2.24, 2.45) is 5.41 Å². The summed E-state index contributed by atoms with van der Waals surface area (Å²) in [6, 6.07) is 31.4. The quantitative estimate of drug-likeness (QED) is 0.115. The predicted molar refractivity (Wildman–Crippen MR) is 146 cm³/mol. The van der Waals surface area contributed by atoms with Crippen LogP contribution >= 0.6 is 15.9 Å². The van der Waals surface area contributed by atoms with Crippen LogP contribution < -0.4 is 4.74 Å². The number of hydrogen-bond donors (Lipinski definition) is 0. The summed E-state index contributed by atoms with van der Waals surface area (Å²) in [6.07, 6.45) is 0. The molecule has 188 valence electrons. The molecule has 6 heteroatoms. The maximum atomic E-state index is 14.7. The van der Waals surface area contributed by atoms with Gasteiger partial charge in [0, 0.05) is 21.5 Å². The van der Waals surface area contributed by atoms with Gasteiger partial charge in [0.1, 0.15) is 5.75 Å². The largest absolute Gasteiger partial charge is 0.465 e. The van der Waals surface area contributed by atoms with Crippen LogP contribution in [0.4, 0.5) is 0 Å². The molecule has 0 amide bonds. The molecule has 1 aliphatic heterocycles. The summed E-state index contributed by atoms with van der Waals surface area (Å²) in [4.78, 5) is 42.2. The number of esters is 2. The van der Waals surface area contributed by atoms with Gasteiger partial charge in [-0.1, -0.05) is 101 Å². The number of ether oxygens (including phenoxy) is 2. The van der Waals surface area contributed by atoms with Gasteiger partial charge in [0.25, 0.3) is 0 Å². The van der Waals surface area contributed by atoms with Crippen molar-refractivity contribution < 1.29 is 23.9 Å². The Kier molecular flexibility index (Phi) is 5.80. The van der Waals surface area contributed by atoms with E-state index in [1.54, 1.807) is 55.5 Å². The fourth-order valence-corrected chi connectivity index (χ4v) is 6.43. The summed E-state index contributed by atoms with van der Waals surface area (Å²) in [6.45, 7) is 1.75. The minimum absolute atomic E-state index is 0.0662. The van der Waals surface area contributed by atoms with Crippen molar-refractivity contribution >= 4 is 33.7 Å². The minimum atomic E-state index is -1.84. The topological polar surface area (TPSA) is 69.7 Å². The van der Waals surface area contributed by atoms with E-state index in [9.17, 15) is 14.4 Å². The van der Waals surface area contributed by atoms with E-state index in [1.165, 1.54) is 0 Å². The van der Waals surface area contributed by atoms with Crippen LogP contribution in [0, 0.1) is 5.41 Å². The first kappa shape index (κ1) is 24.3. The zero-order valence-electron chi connectivity index (χ0n) is 20.5. The standard InChI is InChI=1S/C32H23BrO5/c1-2-37-29(35)32-27(25-19-24(33)17-18-26(25)38-30(32)36)31(32,23-11-7-4-8-12-23)28(34)22-15-13-21(14-16-22)20-9-5-3-6-10-20/h3-19,27H,2H2,1H3/t27-,31+,32-/m1/s1. The van der Waals surface area contributed by atoms with Gasteiger partial charge in [0.15, 0.2) is 11.2 Å². The van der Waals surface area contributed by atoms with Gasteiger partial charge in [-0.25, -0.2) is 0 Å². The Labute approximate surface area is 228 Å². The lowest BCUT2D eigenvalue weighted by molar-refractivity contribution is -0.161. The number of fused-ring (bicyclic) bond motifs is 3. The van der Waals surface area contributed by atoms with Crippen molar-refractivity contribution in [3.8, 4) is 16.9 Å². The van der Waals surface area contributed by atoms with Crippen molar-refractivity contribution in [3.63, 3.8) is 0 Å². The van der Waals surface area contributed by atoms with Crippen molar-refractivity contribution in [3.05, 3.63) is 124 Å². The lowest BCUT2D eigenvalue weighted by Crippen LogP contribution is -2.42. The SMILES string of the molecule is CCOC(=O)[C@@]12C(=O)Oc3ccc(Br)cc3[C@@H]1[C@]2(C(=O)c1ccc(-c2ccccc2)cc1)c1ccccc1. The van der Waals surface area contributed by atoms with Crippen LogP contribution in [0.15, 0.2) is 108 Å². The van der Waals surface area contributed by atoms with E-state index in [1.807, 2.05) is 54.6 Å². The van der Waals surface area contributed by atoms with Gasteiger partial charge >= 0.3 is 11.9 Å². The first-order chi connectivity index (χ1) is 18.5. The fourth-order valence-electron chi connectivity index (χ4n) is 6.05. The molecule has 0 radical (unpaired) electrons. The lowest BCUT2D eigenvalue weighted by atomic mass is 9.79. The molecule has 1 saturated carbocycles. The van der Waals surface area contributed by atoms with Crippen LogP contribution in [0.1, 0.15) is 34.3 Å². The molecule has 0 aromatic heterocycles. The van der Waals surface area contributed by atoms with E-state index in [4.69, 9.17) is 9.47 Å². The molecule has 4 aromatic carbocycles. The molecule has 1 fully saturated rings. The Morgan fingerprint density at radius 3 is 2.13 bits per heavy atom. The first-order valence-electron chi connectivity index (χ1n) is 12.4. The Morgan fingerprint density at radius 2 is 1.47 bits per heavy atom. The van der Waals surface area contributed by atoms with Gasteiger partial charge in [-0.15, -0.1) is 0 Å². The number of halogens is 1. The highest BCUT2D eigenvalue weighted by Gasteiger charge is 2.91. The second kappa shape index (κ2) is 9.07. The van der Waals surface area contributed by atoms with E-state index in [0.29, 0.717) is 22.4 Å². The van der Waals surface area contributed by atoms with Crippen LogP contribution in [0.2, 0.25) is 0 Å². The third-order valence-corrected chi connectivity index (χ3v) is 8.14. The molecule has 6 rings (SSSR count). The molecule has 0 N–H and O–H groups in total. The van der Waals surface area contributed by atoms with Crippen LogP contribution in [0.3, 0.4) is 0 Å². The molecular weight excluding hydrogens is 544 g/mol. The Hall–Kier alpha value is -4.03. The second-order valence-corrected chi connectivity index (χ2v) is 10.4. The van der Waals surface area contributed by atoms with E-state index in [2.05, 4.69) is 15.9 Å². The van der Waals surface area contributed by atoms with Gasteiger partial charge in [0.05, 0.1) is 12.0 Å². The molecule has 38 heavy (non-hydrogen) atoms. The summed E-state index contributed by atoms with van der Waals surface area (Å²) >= 11 is 3.50. The highest BCUT2D eigenvalue weighted by Crippen LogP contribution is 2.79. The Balaban J connectivity index is 1.57. The van der Waals surface area contributed by atoms with E-state index in [0.717, 1.165) is 15.6 Å². The molecule has 0 bridgehead atoms. The molecule has 0 unspecified atom stereocenters. The monoisotopic (exact) mass is 566 g/mol.